The van der Waals surface area contributed by atoms with E-state index >= 15 is 0 Å². The first-order valence-electron chi connectivity index (χ1n) is 11.2. The van der Waals surface area contributed by atoms with Crippen LogP contribution in [-0.2, 0) is 0 Å². The van der Waals surface area contributed by atoms with Crippen molar-refractivity contribution in [3.63, 3.8) is 0 Å². The van der Waals surface area contributed by atoms with Gasteiger partial charge in [0.25, 0.3) is 5.91 Å². The zero-order valence-corrected chi connectivity index (χ0v) is 17.3. The third-order valence-electron chi connectivity index (χ3n) is 6.76. The molecule has 3 heterocycles. The Morgan fingerprint density at radius 1 is 1.03 bits per heavy atom. The van der Waals surface area contributed by atoms with Crippen LogP contribution in [0.25, 0.3) is 5.69 Å². The number of piperidine rings is 1. The number of benzene rings is 1. The molecular weight excluding hydrogens is 383 g/mol. The van der Waals surface area contributed by atoms with Crippen LogP contribution in [0.3, 0.4) is 0 Å². The van der Waals surface area contributed by atoms with E-state index in [2.05, 4.69) is 10.00 Å². The van der Waals surface area contributed by atoms with Gasteiger partial charge in [-0.15, -0.1) is 0 Å². The molecular formula is C23H29FN4O2. The summed E-state index contributed by atoms with van der Waals surface area (Å²) in [6, 6.07) is 5.65. The lowest BCUT2D eigenvalue weighted by atomic mass is 9.90. The Morgan fingerprint density at radius 2 is 1.80 bits per heavy atom. The van der Waals surface area contributed by atoms with Crippen LogP contribution < -0.4 is 4.74 Å². The predicted molar refractivity (Wildman–Crippen MR) is 112 cm³/mol. The van der Waals surface area contributed by atoms with E-state index in [9.17, 15) is 9.18 Å². The number of halogens is 1. The average Bonchev–Trinajstić information content (AvgIpc) is 3.41. The minimum Gasteiger partial charge on any atom is -0.487 e. The summed E-state index contributed by atoms with van der Waals surface area (Å²) in [5.74, 6) is -0.106. The highest BCUT2D eigenvalue weighted by atomic mass is 19.1. The number of likely N-dealkylation sites (tertiary alicyclic amines) is 2. The SMILES string of the molecule is O=C(c1cnn(-c2ccc(OC3CCN(C4CCC4)CC3)c(F)c2)c1)N1CCCC1. The van der Waals surface area contributed by atoms with Crippen molar-refractivity contribution in [1.29, 1.82) is 0 Å². The molecule has 2 saturated heterocycles. The zero-order valence-electron chi connectivity index (χ0n) is 17.3. The highest BCUT2D eigenvalue weighted by Gasteiger charge is 2.29. The van der Waals surface area contributed by atoms with Gasteiger partial charge in [0.15, 0.2) is 11.6 Å². The third-order valence-corrected chi connectivity index (χ3v) is 6.76. The van der Waals surface area contributed by atoms with Crippen LogP contribution in [0.2, 0.25) is 0 Å². The van der Waals surface area contributed by atoms with Gasteiger partial charge in [0.2, 0.25) is 0 Å². The molecule has 1 aromatic heterocycles. The fraction of sp³-hybridized carbons (Fsp3) is 0.565. The predicted octanol–water partition coefficient (Wildman–Crippen LogP) is 3.64. The second kappa shape index (κ2) is 8.38. The third kappa shape index (κ3) is 3.95. The van der Waals surface area contributed by atoms with Gasteiger partial charge in [0.1, 0.15) is 6.10 Å². The van der Waals surface area contributed by atoms with E-state index in [-0.39, 0.29) is 12.0 Å². The van der Waals surface area contributed by atoms with E-state index in [0.717, 1.165) is 57.9 Å². The van der Waals surface area contributed by atoms with Gasteiger partial charge in [0.05, 0.1) is 17.4 Å². The van der Waals surface area contributed by atoms with Crippen molar-refractivity contribution in [2.24, 2.45) is 0 Å². The minimum absolute atomic E-state index is 0.00702. The van der Waals surface area contributed by atoms with Crippen LogP contribution in [0.1, 0.15) is 55.3 Å². The van der Waals surface area contributed by atoms with E-state index in [4.69, 9.17) is 4.74 Å². The molecule has 0 N–H and O–H groups in total. The van der Waals surface area contributed by atoms with Crippen molar-refractivity contribution in [3.8, 4) is 11.4 Å². The number of hydrogen-bond donors (Lipinski definition) is 0. The van der Waals surface area contributed by atoms with Crippen LogP contribution >= 0.6 is 0 Å². The average molecular weight is 413 g/mol. The summed E-state index contributed by atoms with van der Waals surface area (Å²) in [5.41, 5.74) is 1.12. The summed E-state index contributed by atoms with van der Waals surface area (Å²) in [4.78, 5) is 16.9. The van der Waals surface area contributed by atoms with E-state index in [0.29, 0.717) is 17.0 Å². The Morgan fingerprint density at radius 3 is 2.47 bits per heavy atom. The lowest BCUT2D eigenvalue weighted by Crippen LogP contribution is -2.46. The summed E-state index contributed by atoms with van der Waals surface area (Å²) in [7, 11) is 0. The molecule has 1 aliphatic carbocycles. The van der Waals surface area contributed by atoms with Gasteiger partial charge in [-0.2, -0.15) is 5.10 Å². The quantitative estimate of drug-likeness (QED) is 0.752. The molecule has 1 saturated carbocycles. The molecule has 3 aliphatic rings. The number of nitrogens with zero attached hydrogens (tertiary/aromatic N) is 4. The van der Waals surface area contributed by atoms with Gasteiger partial charge in [-0.3, -0.25) is 4.79 Å². The summed E-state index contributed by atoms with van der Waals surface area (Å²) in [6.45, 7) is 3.67. The standard InChI is InChI=1S/C23H29FN4O2/c24-21-14-19(28-16-17(15-25-28)23(29)27-10-1-2-11-27)6-7-22(21)30-20-8-12-26(13-9-20)18-4-3-5-18/h6-7,14-16,18,20H,1-5,8-13H2. The second-order valence-corrected chi connectivity index (χ2v) is 8.73. The van der Waals surface area contributed by atoms with Crippen LogP contribution in [0.4, 0.5) is 4.39 Å². The Labute approximate surface area is 176 Å². The molecule has 5 rings (SSSR count). The number of rotatable bonds is 5. The van der Waals surface area contributed by atoms with Crippen molar-refractivity contribution >= 4 is 5.91 Å². The number of carbonyl (C=O) groups excluding carboxylic acids is 1. The highest BCUT2D eigenvalue weighted by molar-refractivity contribution is 5.94. The summed E-state index contributed by atoms with van der Waals surface area (Å²) >= 11 is 0. The van der Waals surface area contributed by atoms with E-state index in [1.165, 1.54) is 25.3 Å². The first-order chi connectivity index (χ1) is 14.7. The molecule has 0 radical (unpaired) electrons. The van der Waals surface area contributed by atoms with Gasteiger partial charge in [-0.1, -0.05) is 6.42 Å². The lowest BCUT2D eigenvalue weighted by molar-refractivity contribution is 0.0477. The molecule has 160 valence electrons. The van der Waals surface area contributed by atoms with E-state index in [1.54, 1.807) is 29.2 Å². The number of amides is 1. The Bertz CT molecular complexity index is 896. The summed E-state index contributed by atoms with van der Waals surface area (Å²) in [6.07, 6.45) is 11.3. The number of ether oxygens (including phenoxy) is 1. The smallest absolute Gasteiger partial charge is 0.257 e. The molecule has 1 amide bonds. The molecule has 0 unspecified atom stereocenters. The van der Waals surface area contributed by atoms with Crippen molar-refractivity contribution in [2.45, 2.75) is 57.1 Å². The Kier molecular flexibility index (Phi) is 5.46. The molecule has 6 nitrogen and oxygen atoms in total. The van der Waals surface area contributed by atoms with Crippen molar-refractivity contribution in [1.82, 2.24) is 19.6 Å². The first kappa shape index (κ1) is 19.5. The Balaban J connectivity index is 1.21. The topological polar surface area (TPSA) is 50.6 Å². The van der Waals surface area contributed by atoms with Crippen LogP contribution in [-0.4, -0.2) is 63.8 Å². The highest BCUT2D eigenvalue weighted by Crippen LogP contribution is 2.29. The molecule has 2 aliphatic heterocycles. The molecule has 30 heavy (non-hydrogen) atoms. The number of carbonyl (C=O) groups is 1. The maximum atomic E-state index is 14.7. The largest absolute Gasteiger partial charge is 0.487 e. The van der Waals surface area contributed by atoms with Gasteiger partial charge >= 0.3 is 0 Å². The monoisotopic (exact) mass is 412 g/mol. The maximum Gasteiger partial charge on any atom is 0.257 e. The lowest BCUT2D eigenvalue weighted by Gasteiger charge is -2.41. The van der Waals surface area contributed by atoms with Gasteiger partial charge in [0, 0.05) is 44.5 Å². The van der Waals surface area contributed by atoms with E-state index < -0.39 is 5.82 Å². The fourth-order valence-electron chi connectivity index (χ4n) is 4.70. The van der Waals surface area contributed by atoms with E-state index in [1.807, 2.05) is 4.90 Å². The number of aromatic nitrogens is 2. The minimum atomic E-state index is -0.392. The molecule has 3 fully saturated rings. The van der Waals surface area contributed by atoms with Crippen LogP contribution in [0, 0.1) is 5.82 Å². The first-order valence-corrected chi connectivity index (χ1v) is 11.2. The van der Waals surface area contributed by atoms with Crippen LogP contribution in [0.5, 0.6) is 5.75 Å². The van der Waals surface area contributed by atoms with Gasteiger partial charge < -0.3 is 14.5 Å². The summed E-state index contributed by atoms with van der Waals surface area (Å²) < 4.78 is 22.2. The van der Waals surface area contributed by atoms with Crippen molar-refractivity contribution in [3.05, 3.63) is 42.0 Å². The van der Waals surface area contributed by atoms with Gasteiger partial charge in [-0.25, -0.2) is 9.07 Å². The molecule has 0 spiro atoms. The fourth-order valence-corrected chi connectivity index (χ4v) is 4.70. The molecule has 1 aromatic carbocycles. The molecule has 0 atom stereocenters. The number of hydrogen-bond acceptors (Lipinski definition) is 4. The second-order valence-electron chi connectivity index (χ2n) is 8.73. The summed E-state index contributed by atoms with van der Waals surface area (Å²) in [5, 5.41) is 4.26. The maximum absolute atomic E-state index is 14.7. The van der Waals surface area contributed by atoms with Crippen molar-refractivity contribution in [2.75, 3.05) is 26.2 Å². The van der Waals surface area contributed by atoms with Gasteiger partial charge in [-0.05, 0) is 50.7 Å². The zero-order chi connectivity index (χ0) is 20.5. The molecule has 0 bridgehead atoms. The normalized spacial score (nSPS) is 21.0. The van der Waals surface area contributed by atoms with Crippen molar-refractivity contribution < 1.29 is 13.9 Å². The Hall–Kier alpha value is -2.41. The molecule has 2 aromatic rings. The molecule has 7 heteroatoms. The van der Waals surface area contributed by atoms with Crippen LogP contribution in [0.15, 0.2) is 30.6 Å².